The SMILES string of the molecule is CC(C)CCNC(=O)C(c1ccc(O)cc1)N(C(=O)c1snc(C(N)=O)c1N)c1ccccc1F. The molecule has 0 radical (unpaired) electrons. The first-order valence-electron chi connectivity index (χ1n) is 10.8. The molecule has 0 aliphatic carbocycles. The molecule has 3 amide bonds. The van der Waals surface area contributed by atoms with Crippen molar-refractivity contribution in [3.8, 4) is 5.75 Å². The van der Waals surface area contributed by atoms with Gasteiger partial charge in [-0.05, 0) is 53.7 Å². The number of nitrogens with two attached hydrogens (primary N) is 2. The summed E-state index contributed by atoms with van der Waals surface area (Å²) in [6.07, 6.45) is 0.686. The molecule has 3 rings (SSSR count). The number of nitrogens with zero attached hydrogens (tertiary/aromatic N) is 2. The van der Waals surface area contributed by atoms with E-state index in [2.05, 4.69) is 9.69 Å². The number of aromatic hydroxyl groups is 1. The molecule has 1 atom stereocenters. The number of phenolic OH excluding ortho intramolecular Hbond substituents is 1. The van der Waals surface area contributed by atoms with Crippen LogP contribution in [0.1, 0.15) is 52.0 Å². The quantitative estimate of drug-likeness (QED) is 0.355. The third kappa shape index (κ3) is 5.75. The summed E-state index contributed by atoms with van der Waals surface area (Å²) in [5, 5.41) is 12.6. The summed E-state index contributed by atoms with van der Waals surface area (Å²) < 4.78 is 18.9. The van der Waals surface area contributed by atoms with Crippen molar-refractivity contribution in [1.29, 1.82) is 0 Å². The molecule has 0 spiro atoms. The molecule has 0 saturated heterocycles. The van der Waals surface area contributed by atoms with Gasteiger partial charge in [0.2, 0.25) is 5.91 Å². The summed E-state index contributed by atoms with van der Waals surface area (Å²) in [5.74, 6) is -2.80. The number of carbonyl (C=O) groups is 3. The van der Waals surface area contributed by atoms with Gasteiger partial charge in [-0.25, -0.2) is 4.39 Å². The molecule has 1 aromatic heterocycles. The molecule has 11 heteroatoms. The topological polar surface area (TPSA) is 152 Å². The highest BCUT2D eigenvalue weighted by Gasteiger charge is 2.37. The van der Waals surface area contributed by atoms with Gasteiger partial charge in [-0.15, -0.1) is 0 Å². The molecule has 2 aromatic carbocycles. The normalized spacial score (nSPS) is 11.8. The molecule has 1 unspecified atom stereocenters. The average Bonchev–Trinajstić information content (AvgIpc) is 3.20. The minimum absolute atomic E-state index is 0.0470. The van der Waals surface area contributed by atoms with Gasteiger partial charge in [-0.1, -0.05) is 38.1 Å². The first kappa shape index (κ1) is 25.6. The smallest absolute Gasteiger partial charge is 0.273 e. The Kier molecular flexibility index (Phi) is 8.02. The molecule has 0 aliphatic heterocycles. The van der Waals surface area contributed by atoms with E-state index in [1.165, 1.54) is 42.5 Å². The van der Waals surface area contributed by atoms with Gasteiger partial charge in [-0.2, -0.15) is 4.37 Å². The lowest BCUT2D eigenvalue weighted by Crippen LogP contribution is -2.44. The highest BCUT2D eigenvalue weighted by molar-refractivity contribution is 7.09. The molecule has 0 fully saturated rings. The number of primary amides is 1. The number of rotatable bonds is 9. The van der Waals surface area contributed by atoms with Crippen LogP contribution in [0, 0.1) is 11.7 Å². The van der Waals surface area contributed by atoms with Gasteiger partial charge in [0.25, 0.3) is 11.8 Å². The molecule has 6 N–H and O–H groups in total. The van der Waals surface area contributed by atoms with Gasteiger partial charge >= 0.3 is 0 Å². The number of nitrogen functional groups attached to an aromatic ring is 1. The number of hydrogen-bond donors (Lipinski definition) is 4. The van der Waals surface area contributed by atoms with Crippen LogP contribution in [0.2, 0.25) is 0 Å². The Morgan fingerprint density at radius 2 is 1.80 bits per heavy atom. The second kappa shape index (κ2) is 11.0. The molecular weight excluding hydrogens is 473 g/mol. The van der Waals surface area contributed by atoms with Gasteiger partial charge in [0, 0.05) is 6.54 Å². The summed E-state index contributed by atoms with van der Waals surface area (Å²) in [7, 11) is 0. The van der Waals surface area contributed by atoms with Crippen molar-refractivity contribution >= 4 is 40.6 Å². The van der Waals surface area contributed by atoms with Gasteiger partial charge in [0.1, 0.15) is 22.5 Å². The maximum atomic E-state index is 15.0. The predicted octanol–water partition coefficient (Wildman–Crippen LogP) is 3.22. The summed E-state index contributed by atoms with van der Waals surface area (Å²) in [5.41, 5.74) is 10.9. The number of aromatic nitrogens is 1. The van der Waals surface area contributed by atoms with Gasteiger partial charge < -0.3 is 21.9 Å². The maximum Gasteiger partial charge on any atom is 0.273 e. The number of para-hydroxylation sites is 1. The maximum absolute atomic E-state index is 15.0. The Hall–Kier alpha value is -3.99. The van der Waals surface area contributed by atoms with E-state index >= 15 is 4.39 Å². The van der Waals surface area contributed by atoms with E-state index in [0.29, 0.717) is 36.0 Å². The lowest BCUT2D eigenvalue weighted by Gasteiger charge is -2.31. The molecular formula is C24H26FN5O4S. The van der Waals surface area contributed by atoms with Crippen LogP contribution in [0.15, 0.2) is 48.5 Å². The van der Waals surface area contributed by atoms with E-state index in [4.69, 9.17) is 11.5 Å². The Balaban J connectivity index is 2.17. The Labute approximate surface area is 205 Å². The first-order valence-corrected chi connectivity index (χ1v) is 11.6. The van der Waals surface area contributed by atoms with E-state index in [1.54, 1.807) is 0 Å². The van der Waals surface area contributed by atoms with E-state index < -0.39 is 29.6 Å². The van der Waals surface area contributed by atoms with Gasteiger partial charge in [-0.3, -0.25) is 19.3 Å². The van der Waals surface area contributed by atoms with Gasteiger partial charge in [0.05, 0.1) is 11.4 Å². The molecule has 0 bridgehead atoms. The monoisotopic (exact) mass is 499 g/mol. The van der Waals surface area contributed by atoms with E-state index in [0.717, 1.165) is 11.0 Å². The second-order valence-corrected chi connectivity index (χ2v) is 9.01. The van der Waals surface area contributed by atoms with Crippen LogP contribution in [0.4, 0.5) is 15.8 Å². The van der Waals surface area contributed by atoms with E-state index in [1.807, 2.05) is 13.8 Å². The standard InChI is InChI=1S/C24H26FN5O4S/c1-13(2)11-12-28-23(33)20(14-7-9-15(31)10-8-14)30(17-6-4-3-5-16(17)25)24(34)21-18(26)19(22(27)32)29-35-21/h3-10,13,20,31H,11-12,26H2,1-2H3,(H2,27,32)(H,28,33). The molecule has 0 saturated carbocycles. The highest BCUT2D eigenvalue weighted by Crippen LogP contribution is 2.34. The van der Waals surface area contributed by atoms with Crippen LogP contribution < -0.4 is 21.7 Å². The van der Waals surface area contributed by atoms with Crippen LogP contribution in [0.25, 0.3) is 0 Å². The fourth-order valence-electron chi connectivity index (χ4n) is 3.41. The number of anilines is 2. The van der Waals surface area contributed by atoms with Crippen LogP contribution >= 0.6 is 11.5 Å². The summed E-state index contributed by atoms with van der Waals surface area (Å²) in [6.45, 7) is 4.34. The summed E-state index contributed by atoms with van der Waals surface area (Å²) in [4.78, 5) is 39.7. The number of amides is 3. The van der Waals surface area contributed by atoms with Crippen molar-refractivity contribution in [1.82, 2.24) is 9.69 Å². The molecule has 35 heavy (non-hydrogen) atoms. The van der Waals surface area contributed by atoms with Crippen molar-refractivity contribution in [3.05, 3.63) is 70.5 Å². The third-order valence-electron chi connectivity index (χ3n) is 5.22. The van der Waals surface area contributed by atoms with Crippen LogP contribution in [0.5, 0.6) is 5.75 Å². The molecule has 1 heterocycles. The lowest BCUT2D eigenvalue weighted by molar-refractivity contribution is -0.122. The van der Waals surface area contributed by atoms with E-state index in [-0.39, 0.29) is 27.7 Å². The zero-order valence-electron chi connectivity index (χ0n) is 19.2. The minimum atomic E-state index is -1.33. The average molecular weight is 500 g/mol. The first-order chi connectivity index (χ1) is 16.6. The predicted molar refractivity (Wildman–Crippen MR) is 132 cm³/mol. The highest BCUT2D eigenvalue weighted by atomic mass is 32.1. The fraction of sp³-hybridized carbons (Fsp3) is 0.250. The Bertz CT molecular complexity index is 1230. The second-order valence-electron chi connectivity index (χ2n) is 8.23. The zero-order chi connectivity index (χ0) is 25.7. The number of phenols is 1. The number of hydrogen-bond acceptors (Lipinski definition) is 7. The fourth-order valence-corrected chi connectivity index (χ4v) is 4.15. The largest absolute Gasteiger partial charge is 0.508 e. The summed E-state index contributed by atoms with van der Waals surface area (Å²) in [6, 6.07) is 9.81. The van der Waals surface area contributed by atoms with Crippen LogP contribution in [-0.2, 0) is 4.79 Å². The van der Waals surface area contributed by atoms with E-state index in [9.17, 15) is 19.5 Å². The zero-order valence-corrected chi connectivity index (χ0v) is 20.0. The van der Waals surface area contributed by atoms with Crippen molar-refractivity contribution in [3.63, 3.8) is 0 Å². The van der Waals surface area contributed by atoms with Crippen LogP contribution in [0.3, 0.4) is 0 Å². The van der Waals surface area contributed by atoms with Crippen molar-refractivity contribution < 1.29 is 23.9 Å². The summed E-state index contributed by atoms with van der Waals surface area (Å²) >= 11 is 0.629. The Morgan fingerprint density at radius 1 is 1.14 bits per heavy atom. The molecule has 0 aliphatic rings. The van der Waals surface area contributed by atoms with Crippen LogP contribution in [-0.4, -0.2) is 33.7 Å². The van der Waals surface area contributed by atoms with Crippen molar-refractivity contribution in [2.75, 3.05) is 17.2 Å². The number of benzene rings is 2. The van der Waals surface area contributed by atoms with Gasteiger partial charge in [0.15, 0.2) is 5.69 Å². The minimum Gasteiger partial charge on any atom is -0.508 e. The number of halogens is 1. The van der Waals surface area contributed by atoms with Crippen molar-refractivity contribution in [2.24, 2.45) is 11.7 Å². The molecule has 184 valence electrons. The lowest BCUT2D eigenvalue weighted by atomic mass is 10.0. The molecule has 9 nitrogen and oxygen atoms in total. The Morgan fingerprint density at radius 3 is 2.37 bits per heavy atom. The van der Waals surface area contributed by atoms with Crippen molar-refractivity contribution in [2.45, 2.75) is 26.3 Å². The molecule has 3 aromatic rings. The number of carbonyl (C=O) groups excluding carboxylic acids is 3. The number of nitrogens with one attached hydrogen (secondary N) is 1. The third-order valence-corrected chi connectivity index (χ3v) is 6.07.